The highest BCUT2D eigenvalue weighted by molar-refractivity contribution is 7.84. The molecule has 1 aromatic carbocycles. The second-order valence-corrected chi connectivity index (χ2v) is 6.76. The van der Waals surface area contributed by atoms with Gasteiger partial charge in [-0.15, -0.1) is 0 Å². The van der Waals surface area contributed by atoms with Crippen molar-refractivity contribution < 1.29 is 4.21 Å². The summed E-state index contributed by atoms with van der Waals surface area (Å²) in [6.45, 7) is 4.28. The summed E-state index contributed by atoms with van der Waals surface area (Å²) in [7, 11) is -1.22. The first kappa shape index (κ1) is 16.0. The van der Waals surface area contributed by atoms with Crippen molar-refractivity contribution in [3.05, 3.63) is 41.2 Å². The van der Waals surface area contributed by atoms with E-state index < -0.39 is 10.8 Å². The predicted molar refractivity (Wildman–Crippen MR) is 87.8 cm³/mol. The van der Waals surface area contributed by atoms with E-state index in [0.717, 1.165) is 18.5 Å². The summed E-state index contributed by atoms with van der Waals surface area (Å²) in [6, 6.07) is 7.36. The molecule has 0 aliphatic carbocycles. The number of halogens is 1. The summed E-state index contributed by atoms with van der Waals surface area (Å²) in [5.74, 6) is 0.358. The van der Waals surface area contributed by atoms with Gasteiger partial charge in [0, 0.05) is 11.9 Å². The van der Waals surface area contributed by atoms with Gasteiger partial charge < -0.3 is 5.73 Å². The SMILES string of the molecule is CCC(CC)n1ccc(CS(=O)c2ccc(N)cc2Cl)n1. The van der Waals surface area contributed by atoms with E-state index in [2.05, 4.69) is 18.9 Å². The maximum atomic E-state index is 12.4. The number of hydrogen-bond acceptors (Lipinski definition) is 3. The van der Waals surface area contributed by atoms with Crippen LogP contribution in [0.3, 0.4) is 0 Å². The molecule has 1 aromatic heterocycles. The van der Waals surface area contributed by atoms with Crippen LogP contribution in [-0.2, 0) is 16.6 Å². The summed E-state index contributed by atoms with van der Waals surface area (Å²) in [5.41, 5.74) is 7.03. The van der Waals surface area contributed by atoms with Crippen LogP contribution in [0.15, 0.2) is 35.4 Å². The Morgan fingerprint density at radius 2 is 2.05 bits per heavy atom. The van der Waals surface area contributed by atoms with Crippen LogP contribution in [0.2, 0.25) is 5.02 Å². The third-order valence-corrected chi connectivity index (χ3v) is 5.29. The molecule has 0 fully saturated rings. The van der Waals surface area contributed by atoms with Gasteiger partial charge in [-0.2, -0.15) is 5.10 Å². The molecule has 0 saturated carbocycles. The topological polar surface area (TPSA) is 60.9 Å². The predicted octanol–water partition coefficient (Wildman–Crippen LogP) is 3.79. The molecule has 2 rings (SSSR count). The molecular weight excluding hydrogens is 306 g/mol. The molecule has 0 spiro atoms. The van der Waals surface area contributed by atoms with E-state index >= 15 is 0 Å². The lowest BCUT2D eigenvalue weighted by Gasteiger charge is -2.12. The van der Waals surface area contributed by atoms with Crippen LogP contribution in [0, 0.1) is 0 Å². The number of anilines is 1. The number of benzene rings is 1. The number of nitrogen functional groups attached to an aromatic ring is 1. The standard InChI is InChI=1S/C15H20ClN3OS/c1-3-13(4-2)19-8-7-12(18-19)10-21(20)15-6-5-11(17)9-14(15)16/h5-9,13H,3-4,10,17H2,1-2H3. The van der Waals surface area contributed by atoms with Crippen molar-refractivity contribution in [2.24, 2.45) is 0 Å². The maximum absolute atomic E-state index is 12.4. The number of nitrogens with zero attached hydrogens (tertiary/aromatic N) is 2. The fourth-order valence-corrected chi connectivity index (χ4v) is 3.76. The third kappa shape index (κ3) is 3.86. The molecule has 2 N–H and O–H groups in total. The van der Waals surface area contributed by atoms with Crippen molar-refractivity contribution in [1.29, 1.82) is 0 Å². The Balaban J connectivity index is 2.13. The van der Waals surface area contributed by atoms with E-state index in [1.807, 2.05) is 16.9 Å². The van der Waals surface area contributed by atoms with Crippen LogP contribution < -0.4 is 5.73 Å². The van der Waals surface area contributed by atoms with Crippen LogP contribution >= 0.6 is 11.6 Å². The van der Waals surface area contributed by atoms with Gasteiger partial charge in [0.25, 0.3) is 0 Å². The lowest BCUT2D eigenvalue weighted by Crippen LogP contribution is -2.08. The molecule has 1 unspecified atom stereocenters. The van der Waals surface area contributed by atoms with E-state index in [9.17, 15) is 4.21 Å². The molecule has 0 amide bonds. The summed E-state index contributed by atoms with van der Waals surface area (Å²) < 4.78 is 14.4. The fraction of sp³-hybridized carbons (Fsp3) is 0.400. The van der Waals surface area contributed by atoms with Crippen LogP contribution in [-0.4, -0.2) is 14.0 Å². The molecule has 0 radical (unpaired) electrons. The molecule has 4 nitrogen and oxygen atoms in total. The Hall–Kier alpha value is -1.33. The Labute approximate surface area is 132 Å². The summed E-state index contributed by atoms with van der Waals surface area (Å²) in [5, 5.41) is 4.96. The highest BCUT2D eigenvalue weighted by atomic mass is 35.5. The minimum Gasteiger partial charge on any atom is -0.399 e. The minimum absolute atomic E-state index is 0.358. The van der Waals surface area contributed by atoms with Gasteiger partial charge >= 0.3 is 0 Å². The average Bonchev–Trinajstić information content (AvgIpc) is 2.88. The zero-order valence-corrected chi connectivity index (χ0v) is 13.8. The molecular formula is C15H20ClN3OS. The van der Waals surface area contributed by atoms with Gasteiger partial charge in [0.05, 0.1) is 38.2 Å². The smallest absolute Gasteiger partial charge is 0.0753 e. The van der Waals surface area contributed by atoms with Crippen molar-refractivity contribution in [3.8, 4) is 0 Å². The zero-order valence-electron chi connectivity index (χ0n) is 12.3. The first-order valence-corrected chi connectivity index (χ1v) is 8.72. The van der Waals surface area contributed by atoms with Gasteiger partial charge in [-0.1, -0.05) is 25.4 Å². The minimum atomic E-state index is -1.22. The highest BCUT2D eigenvalue weighted by Crippen LogP contribution is 2.24. The second-order valence-electron chi connectivity index (χ2n) is 4.94. The Morgan fingerprint density at radius 3 is 2.67 bits per heavy atom. The first-order chi connectivity index (χ1) is 10.0. The summed E-state index contributed by atoms with van der Waals surface area (Å²) in [4.78, 5) is 0.600. The van der Waals surface area contributed by atoms with Crippen molar-refractivity contribution in [1.82, 2.24) is 9.78 Å². The second kappa shape index (κ2) is 7.09. The lowest BCUT2D eigenvalue weighted by molar-refractivity contribution is 0.426. The van der Waals surface area contributed by atoms with E-state index in [-0.39, 0.29) is 0 Å². The normalized spacial score (nSPS) is 12.8. The molecule has 2 aromatic rings. The van der Waals surface area contributed by atoms with E-state index in [4.69, 9.17) is 17.3 Å². The maximum Gasteiger partial charge on any atom is 0.0753 e. The lowest BCUT2D eigenvalue weighted by atomic mass is 10.2. The summed E-state index contributed by atoms with van der Waals surface area (Å²) in [6.07, 6.45) is 4.02. The molecule has 0 saturated heterocycles. The van der Waals surface area contributed by atoms with Gasteiger partial charge in [-0.05, 0) is 37.1 Å². The molecule has 6 heteroatoms. The van der Waals surface area contributed by atoms with Crippen LogP contribution in [0.1, 0.15) is 38.4 Å². The van der Waals surface area contributed by atoms with Gasteiger partial charge in [0.2, 0.25) is 0 Å². The quantitative estimate of drug-likeness (QED) is 0.822. The molecule has 0 bridgehead atoms. The van der Waals surface area contributed by atoms with Gasteiger partial charge in [0.1, 0.15) is 0 Å². The molecule has 0 aliphatic heterocycles. The summed E-state index contributed by atoms with van der Waals surface area (Å²) >= 11 is 6.09. The van der Waals surface area contributed by atoms with Crippen LogP contribution in [0.25, 0.3) is 0 Å². The largest absolute Gasteiger partial charge is 0.399 e. The zero-order chi connectivity index (χ0) is 15.4. The van der Waals surface area contributed by atoms with Gasteiger partial charge in [-0.3, -0.25) is 8.89 Å². The van der Waals surface area contributed by atoms with Crippen molar-refractivity contribution >= 4 is 28.1 Å². The number of aromatic nitrogens is 2. The molecule has 0 aliphatic rings. The monoisotopic (exact) mass is 325 g/mol. The number of hydrogen-bond donors (Lipinski definition) is 1. The number of rotatable bonds is 6. The highest BCUT2D eigenvalue weighted by Gasteiger charge is 2.13. The molecule has 1 heterocycles. The van der Waals surface area contributed by atoms with E-state index in [1.165, 1.54) is 0 Å². The van der Waals surface area contributed by atoms with Gasteiger partial charge in [-0.25, -0.2) is 0 Å². The first-order valence-electron chi connectivity index (χ1n) is 7.02. The fourth-order valence-electron chi connectivity index (χ4n) is 2.23. The van der Waals surface area contributed by atoms with Crippen LogP contribution in [0.5, 0.6) is 0 Å². The van der Waals surface area contributed by atoms with Gasteiger partial charge in [0.15, 0.2) is 0 Å². The van der Waals surface area contributed by atoms with E-state index in [1.54, 1.807) is 18.2 Å². The third-order valence-electron chi connectivity index (χ3n) is 3.46. The Morgan fingerprint density at radius 1 is 1.33 bits per heavy atom. The van der Waals surface area contributed by atoms with Crippen molar-refractivity contribution in [3.63, 3.8) is 0 Å². The number of nitrogens with two attached hydrogens (primary N) is 1. The molecule has 114 valence electrons. The molecule has 1 atom stereocenters. The van der Waals surface area contributed by atoms with E-state index in [0.29, 0.717) is 27.4 Å². The Kier molecular flexibility index (Phi) is 5.42. The van der Waals surface area contributed by atoms with Crippen molar-refractivity contribution in [2.75, 3.05) is 5.73 Å². The Bertz CT molecular complexity index is 638. The molecule has 21 heavy (non-hydrogen) atoms. The average molecular weight is 326 g/mol. The van der Waals surface area contributed by atoms with Crippen molar-refractivity contribution in [2.45, 2.75) is 43.4 Å². The van der Waals surface area contributed by atoms with Crippen LogP contribution in [0.4, 0.5) is 5.69 Å².